The fourth-order valence-electron chi connectivity index (χ4n) is 1.94. The summed E-state index contributed by atoms with van der Waals surface area (Å²) in [5.41, 5.74) is 3.71. The Hall–Kier alpha value is -1.13. The molecular weight excluding hydrogens is 242 g/mol. The number of nitrogens with zero attached hydrogens (tertiary/aromatic N) is 2. The van der Waals surface area contributed by atoms with Crippen LogP contribution in [0.5, 0.6) is 0 Å². The van der Waals surface area contributed by atoms with Crippen LogP contribution in [0.15, 0.2) is 12.1 Å². The molecule has 18 heavy (non-hydrogen) atoms. The quantitative estimate of drug-likeness (QED) is 0.898. The van der Waals surface area contributed by atoms with Crippen molar-refractivity contribution in [3.63, 3.8) is 0 Å². The second-order valence-corrected chi connectivity index (χ2v) is 5.85. The lowest BCUT2D eigenvalue weighted by Crippen LogP contribution is -2.10. The highest BCUT2D eigenvalue weighted by atomic mass is 32.1. The van der Waals surface area contributed by atoms with Crippen LogP contribution in [0.25, 0.3) is 0 Å². The minimum atomic E-state index is 0.886. The molecule has 0 unspecified atom stereocenters. The Labute approximate surface area is 113 Å². The third kappa shape index (κ3) is 2.82. The standard InChI is InChI=1S/C14H21N3S/c1-5-15-8-13-6-7-14(18-13)9-17-12(4)10(2)11(3)16-17/h6-7,15H,5,8-9H2,1-4H3. The zero-order valence-corrected chi connectivity index (χ0v) is 12.4. The molecule has 0 aliphatic carbocycles. The fourth-order valence-corrected chi connectivity index (χ4v) is 2.91. The van der Waals surface area contributed by atoms with Crippen molar-refractivity contribution in [3.05, 3.63) is 38.8 Å². The summed E-state index contributed by atoms with van der Waals surface area (Å²) in [5.74, 6) is 0. The number of hydrogen-bond acceptors (Lipinski definition) is 3. The zero-order valence-electron chi connectivity index (χ0n) is 11.6. The molecule has 0 aliphatic rings. The molecule has 0 saturated carbocycles. The molecular formula is C14H21N3S. The first-order valence-electron chi connectivity index (χ1n) is 6.40. The van der Waals surface area contributed by atoms with Crippen LogP contribution in [0.2, 0.25) is 0 Å². The van der Waals surface area contributed by atoms with Crippen LogP contribution in [0, 0.1) is 20.8 Å². The Kier molecular flexibility index (Phi) is 4.19. The summed E-state index contributed by atoms with van der Waals surface area (Å²) < 4.78 is 2.10. The molecule has 2 aromatic heterocycles. The van der Waals surface area contributed by atoms with Gasteiger partial charge in [0.2, 0.25) is 0 Å². The predicted molar refractivity (Wildman–Crippen MR) is 77.2 cm³/mol. The topological polar surface area (TPSA) is 29.9 Å². The van der Waals surface area contributed by atoms with Crippen LogP contribution < -0.4 is 5.32 Å². The van der Waals surface area contributed by atoms with E-state index in [1.165, 1.54) is 21.0 Å². The van der Waals surface area contributed by atoms with Crippen molar-refractivity contribution in [2.75, 3.05) is 6.54 Å². The number of aromatic nitrogens is 2. The molecule has 0 saturated heterocycles. The first kappa shape index (κ1) is 13.3. The molecule has 98 valence electrons. The average Bonchev–Trinajstić information content (AvgIpc) is 2.89. The van der Waals surface area contributed by atoms with Gasteiger partial charge in [-0.1, -0.05) is 6.92 Å². The van der Waals surface area contributed by atoms with Crippen molar-refractivity contribution < 1.29 is 0 Å². The molecule has 3 nitrogen and oxygen atoms in total. The lowest BCUT2D eigenvalue weighted by molar-refractivity contribution is 0.665. The SMILES string of the molecule is CCNCc1ccc(Cn2nc(C)c(C)c2C)s1. The van der Waals surface area contributed by atoms with Gasteiger partial charge in [-0.25, -0.2) is 0 Å². The first-order valence-corrected chi connectivity index (χ1v) is 7.22. The molecule has 0 amide bonds. The van der Waals surface area contributed by atoms with Crippen LogP contribution >= 0.6 is 11.3 Å². The minimum absolute atomic E-state index is 0.886. The molecule has 0 spiro atoms. The lowest BCUT2D eigenvalue weighted by Gasteiger charge is -2.02. The maximum atomic E-state index is 4.58. The molecule has 0 aliphatic heterocycles. The van der Waals surface area contributed by atoms with E-state index in [0.717, 1.165) is 25.3 Å². The highest BCUT2D eigenvalue weighted by Crippen LogP contribution is 2.19. The van der Waals surface area contributed by atoms with Gasteiger partial charge in [0.15, 0.2) is 0 Å². The van der Waals surface area contributed by atoms with E-state index in [9.17, 15) is 0 Å². The van der Waals surface area contributed by atoms with Gasteiger partial charge in [0.1, 0.15) is 0 Å². The van der Waals surface area contributed by atoms with Gasteiger partial charge in [0.25, 0.3) is 0 Å². The van der Waals surface area contributed by atoms with Gasteiger partial charge in [-0.2, -0.15) is 5.10 Å². The highest BCUT2D eigenvalue weighted by Gasteiger charge is 2.08. The van der Waals surface area contributed by atoms with Gasteiger partial charge in [0, 0.05) is 22.0 Å². The molecule has 2 heterocycles. The van der Waals surface area contributed by atoms with Crippen molar-refractivity contribution in [1.29, 1.82) is 0 Å². The molecule has 0 fully saturated rings. The molecule has 2 rings (SSSR count). The molecule has 2 aromatic rings. The van der Waals surface area contributed by atoms with Crippen LogP contribution in [0.1, 0.15) is 33.6 Å². The Morgan fingerprint density at radius 2 is 1.94 bits per heavy atom. The molecule has 0 atom stereocenters. The molecule has 0 radical (unpaired) electrons. The van der Waals surface area contributed by atoms with Crippen LogP contribution in [0.4, 0.5) is 0 Å². The Bertz CT molecular complexity index is 525. The van der Waals surface area contributed by atoms with Crippen LogP contribution in [-0.4, -0.2) is 16.3 Å². The van der Waals surface area contributed by atoms with Gasteiger partial charge in [-0.05, 0) is 45.0 Å². The third-order valence-corrected chi connectivity index (χ3v) is 4.39. The van der Waals surface area contributed by atoms with E-state index in [1.54, 1.807) is 0 Å². The van der Waals surface area contributed by atoms with Gasteiger partial charge >= 0.3 is 0 Å². The Morgan fingerprint density at radius 1 is 1.22 bits per heavy atom. The van der Waals surface area contributed by atoms with Gasteiger partial charge < -0.3 is 5.32 Å². The largest absolute Gasteiger partial charge is 0.312 e. The Balaban J connectivity index is 2.09. The summed E-state index contributed by atoms with van der Waals surface area (Å²) in [7, 11) is 0. The second-order valence-electron chi connectivity index (χ2n) is 4.60. The monoisotopic (exact) mass is 263 g/mol. The van der Waals surface area contributed by atoms with Crippen molar-refractivity contribution in [3.8, 4) is 0 Å². The van der Waals surface area contributed by atoms with Crippen molar-refractivity contribution in [1.82, 2.24) is 15.1 Å². The first-order chi connectivity index (χ1) is 8.61. The number of nitrogens with one attached hydrogen (secondary N) is 1. The molecule has 4 heteroatoms. The van der Waals surface area contributed by atoms with Crippen molar-refractivity contribution in [2.24, 2.45) is 0 Å². The lowest BCUT2D eigenvalue weighted by atomic mass is 10.2. The summed E-state index contributed by atoms with van der Waals surface area (Å²) in [6.45, 7) is 11.4. The van der Waals surface area contributed by atoms with E-state index in [1.807, 2.05) is 11.3 Å². The van der Waals surface area contributed by atoms with E-state index in [4.69, 9.17) is 0 Å². The zero-order chi connectivity index (χ0) is 13.1. The normalized spacial score (nSPS) is 11.1. The number of aryl methyl sites for hydroxylation is 1. The molecule has 0 bridgehead atoms. The number of rotatable bonds is 5. The predicted octanol–water partition coefficient (Wildman–Crippen LogP) is 3.03. The maximum Gasteiger partial charge on any atom is 0.0755 e. The van der Waals surface area contributed by atoms with Crippen molar-refractivity contribution in [2.45, 2.75) is 40.8 Å². The summed E-state index contributed by atoms with van der Waals surface area (Å²) in [6.07, 6.45) is 0. The Morgan fingerprint density at radius 3 is 2.56 bits per heavy atom. The van der Waals surface area contributed by atoms with Gasteiger partial charge in [0.05, 0.1) is 12.2 Å². The fraction of sp³-hybridized carbons (Fsp3) is 0.500. The summed E-state index contributed by atoms with van der Waals surface area (Å²) in [5, 5.41) is 7.94. The highest BCUT2D eigenvalue weighted by molar-refractivity contribution is 7.11. The van der Waals surface area contributed by atoms with E-state index >= 15 is 0 Å². The van der Waals surface area contributed by atoms with E-state index < -0.39 is 0 Å². The van der Waals surface area contributed by atoms with Crippen molar-refractivity contribution >= 4 is 11.3 Å². The molecule has 0 aromatic carbocycles. The number of hydrogen-bond donors (Lipinski definition) is 1. The van der Waals surface area contributed by atoms with E-state index in [0.29, 0.717) is 0 Å². The number of thiophene rings is 1. The average molecular weight is 263 g/mol. The third-order valence-electron chi connectivity index (χ3n) is 3.32. The second kappa shape index (κ2) is 5.67. The minimum Gasteiger partial charge on any atom is -0.312 e. The smallest absolute Gasteiger partial charge is 0.0755 e. The van der Waals surface area contributed by atoms with Gasteiger partial charge in [-0.3, -0.25) is 4.68 Å². The summed E-state index contributed by atoms with van der Waals surface area (Å²) in [6, 6.07) is 4.42. The molecule has 1 N–H and O–H groups in total. The summed E-state index contributed by atoms with van der Waals surface area (Å²) >= 11 is 1.87. The summed E-state index contributed by atoms with van der Waals surface area (Å²) in [4.78, 5) is 2.76. The van der Waals surface area contributed by atoms with E-state index in [2.05, 4.69) is 54.9 Å². The van der Waals surface area contributed by atoms with Crippen LogP contribution in [0.3, 0.4) is 0 Å². The van der Waals surface area contributed by atoms with Crippen LogP contribution in [-0.2, 0) is 13.1 Å². The maximum absolute atomic E-state index is 4.58. The van der Waals surface area contributed by atoms with E-state index in [-0.39, 0.29) is 0 Å². The van der Waals surface area contributed by atoms with Gasteiger partial charge in [-0.15, -0.1) is 11.3 Å².